The van der Waals surface area contributed by atoms with Crippen molar-refractivity contribution in [3.05, 3.63) is 11.5 Å². The Morgan fingerprint density at radius 2 is 1.81 bits per heavy atom. The van der Waals surface area contributed by atoms with Crippen LogP contribution in [-0.2, 0) is 4.79 Å². The molecule has 0 bridgehead atoms. The average Bonchev–Trinajstić information content (AvgIpc) is 2.92. The molecule has 4 N–H and O–H groups in total. The van der Waals surface area contributed by atoms with E-state index < -0.39 is 5.95 Å². The molecule has 0 radical (unpaired) electrons. The Kier molecular flexibility index (Phi) is 4.62. The van der Waals surface area contributed by atoms with Crippen molar-refractivity contribution in [1.82, 2.24) is 0 Å². The first-order valence-corrected chi connectivity index (χ1v) is 10.6. The van der Waals surface area contributed by atoms with Crippen molar-refractivity contribution in [3.63, 3.8) is 0 Å². The standard InChI is InChI=1S/C22H34O5/c1-21-8-7-13(24)9-12(21)3-4-14-16-5-6-17(15(11-23)20(26)27)22(16,2)10-18(25)19(14)21/h12-14,16-17,19,23-24,26-27H,3-11H2,1-2H3/t12-,13-,14+,16+,17-,19-,21+,22+/m1/s1. The fourth-order valence-electron chi connectivity index (χ4n) is 7.96. The number of carbonyl (C=O) groups is 1. The number of Topliss-reactive ketones (excluding diaryl/α,β-unsaturated/α-hetero) is 1. The van der Waals surface area contributed by atoms with Crippen molar-refractivity contribution in [2.24, 2.45) is 40.4 Å². The van der Waals surface area contributed by atoms with Gasteiger partial charge in [-0.15, -0.1) is 0 Å². The van der Waals surface area contributed by atoms with Crippen LogP contribution in [-0.4, -0.2) is 38.9 Å². The molecule has 4 fully saturated rings. The van der Waals surface area contributed by atoms with E-state index in [4.69, 9.17) is 0 Å². The van der Waals surface area contributed by atoms with Crippen LogP contribution < -0.4 is 0 Å². The molecule has 0 aliphatic heterocycles. The Balaban J connectivity index is 1.68. The van der Waals surface area contributed by atoms with Crippen LogP contribution in [0.1, 0.15) is 65.2 Å². The highest BCUT2D eigenvalue weighted by molar-refractivity contribution is 5.84. The van der Waals surface area contributed by atoms with Gasteiger partial charge >= 0.3 is 0 Å². The van der Waals surface area contributed by atoms with Crippen molar-refractivity contribution < 1.29 is 25.2 Å². The Morgan fingerprint density at radius 3 is 2.48 bits per heavy atom. The lowest BCUT2D eigenvalue weighted by molar-refractivity contribution is -0.160. The highest BCUT2D eigenvalue weighted by Gasteiger charge is 2.63. The van der Waals surface area contributed by atoms with Gasteiger partial charge in [-0.05, 0) is 79.4 Å². The number of hydrogen-bond donors (Lipinski definition) is 4. The van der Waals surface area contributed by atoms with Crippen LogP contribution in [0.4, 0.5) is 0 Å². The molecule has 4 aliphatic carbocycles. The van der Waals surface area contributed by atoms with Gasteiger partial charge < -0.3 is 20.4 Å². The van der Waals surface area contributed by atoms with E-state index >= 15 is 0 Å². The van der Waals surface area contributed by atoms with E-state index in [9.17, 15) is 25.2 Å². The fraction of sp³-hybridized carbons (Fsp3) is 0.864. The van der Waals surface area contributed by atoms with Crippen molar-refractivity contribution in [2.75, 3.05) is 6.61 Å². The maximum atomic E-state index is 13.5. The first kappa shape index (κ1) is 19.3. The summed E-state index contributed by atoms with van der Waals surface area (Å²) in [4.78, 5) is 13.5. The van der Waals surface area contributed by atoms with Gasteiger partial charge in [-0.25, -0.2) is 0 Å². The number of rotatable bonds is 2. The zero-order valence-electron chi connectivity index (χ0n) is 16.5. The minimum Gasteiger partial charge on any atom is -0.481 e. The molecule has 0 amide bonds. The Bertz CT molecular complexity index is 653. The van der Waals surface area contributed by atoms with Gasteiger partial charge in [0, 0.05) is 17.9 Å². The van der Waals surface area contributed by atoms with Crippen molar-refractivity contribution >= 4 is 5.78 Å². The molecule has 4 rings (SSSR count). The minimum atomic E-state index is -0.768. The van der Waals surface area contributed by atoms with Gasteiger partial charge in [-0.3, -0.25) is 4.79 Å². The van der Waals surface area contributed by atoms with Crippen LogP contribution in [0.15, 0.2) is 11.5 Å². The summed E-state index contributed by atoms with van der Waals surface area (Å²) in [6, 6.07) is 0. The first-order valence-electron chi connectivity index (χ1n) is 10.6. The lowest BCUT2D eigenvalue weighted by atomic mass is 9.44. The smallest absolute Gasteiger partial charge is 0.275 e. The molecule has 0 saturated heterocycles. The van der Waals surface area contributed by atoms with Crippen molar-refractivity contribution in [3.8, 4) is 0 Å². The molecule has 4 aliphatic rings. The first-order chi connectivity index (χ1) is 12.7. The number of carbonyl (C=O) groups excluding carboxylic acids is 1. The molecule has 0 aromatic carbocycles. The second-order valence-corrected chi connectivity index (χ2v) is 10.2. The van der Waals surface area contributed by atoms with Crippen LogP contribution in [0, 0.1) is 40.4 Å². The van der Waals surface area contributed by atoms with Crippen LogP contribution >= 0.6 is 0 Å². The van der Waals surface area contributed by atoms with Gasteiger partial charge in [0.05, 0.1) is 12.7 Å². The monoisotopic (exact) mass is 378 g/mol. The SMILES string of the molecule is C[C@]12CC[C@@H](O)C[C@H]1CC[C@H]1[C@@H]3CC[C@H](C(CO)=C(O)O)[C@@]3(C)CC(=O)[C@@H]12. The predicted molar refractivity (Wildman–Crippen MR) is 101 cm³/mol. The highest BCUT2D eigenvalue weighted by Crippen LogP contribution is 2.67. The third-order valence-electron chi connectivity index (χ3n) is 9.20. The van der Waals surface area contributed by atoms with E-state index in [0.717, 1.165) is 44.9 Å². The largest absolute Gasteiger partial charge is 0.481 e. The molecule has 0 aromatic rings. The van der Waals surface area contributed by atoms with E-state index in [1.54, 1.807) is 0 Å². The summed E-state index contributed by atoms with van der Waals surface area (Å²) < 4.78 is 0. The zero-order valence-corrected chi connectivity index (χ0v) is 16.5. The Labute approximate surface area is 161 Å². The zero-order chi connectivity index (χ0) is 19.6. The van der Waals surface area contributed by atoms with E-state index in [1.165, 1.54) is 0 Å². The quantitative estimate of drug-likeness (QED) is 0.551. The molecule has 152 valence electrons. The lowest BCUT2D eigenvalue weighted by Gasteiger charge is -2.60. The summed E-state index contributed by atoms with van der Waals surface area (Å²) in [5.74, 6) is 0.655. The number of fused-ring (bicyclic) bond motifs is 5. The van der Waals surface area contributed by atoms with Gasteiger partial charge in [0.15, 0.2) is 0 Å². The van der Waals surface area contributed by atoms with Crippen molar-refractivity contribution in [2.45, 2.75) is 71.3 Å². The maximum Gasteiger partial charge on any atom is 0.275 e. The van der Waals surface area contributed by atoms with Gasteiger partial charge in [0.25, 0.3) is 5.95 Å². The van der Waals surface area contributed by atoms with E-state index in [-0.39, 0.29) is 35.4 Å². The Hall–Kier alpha value is -1.07. The van der Waals surface area contributed by atoms with Gasteiger partial charge in [-0.2, -0.15) is 0 Å². The Morgan fingerprint density at radius 1 is 1.07 bits per heavy atom. The second-order valence-electron chi connectivity index (χ2n) is 10.2. The molecule has 0 spiro atoms. The van der Waals surface area contributed by atoms with E-state index in [1.807, 2.05) is 0 Å². The molecule has 0 heterocycles. The summed E-state index contributed by atoms with van der Waals surface area (Å²) in [6.07, 6.45) is 6.68. The summed E-state index contributed by atoms with van der Waals surface area (Å²) in [6.45, 7) is 4.04. The molecular weight excluding hydrogens is 344 g/mol. The highest BCUT2D eigenvalue weighted by atomic mass is 16.5. The van der Waals surface area contributed by atoms with Crippen molar-refractivity contribution in [1.29, 1.82) is 0 Å². The minimum absolute atomic E-state index is 0.00654. The van der Waals surface area contributed by atoms with Crippen LogP contribution in [0.25, 0.3) is 0 Å². The van der Waals surface area contributed by atoms with Crippen LogP contribution in [0.2, 0.25) is 0 Å². The third kappa shape index (κ3) is 2.68. The molecule has 0 aromatic heterocycles. The summed E-state index contributed by atoms with van der Waals surface area (Å²) >= 11 is 0. The van der Waals surface area contributed by atoms with Crippen LogP contribution in [0.5, 0.6) is 0 Å². The normalized spacial score (nSPS) is 49.1. The number of ketones is 1. The fourth-order valence-corrected chi connectivity index (χ4v) is 7.96. The molecule has 5 heteroatoms. The number of hydrogen-bond acceptors (Lipinski definition) is 5. The molecule has 5 nitrogen and oxygen atoms in total. The predicted octanol–water partition coefficient (Wildman–Crippen LogP) is 3.51. The number of aliphatic hydroxyl groups excluding tert-OH is 3. The second kappa shape index (κ2) is 6.48. The van der Waals surface area contributed by atoms with Gasteiger partial charge in [-0.1, -0.05) is 13.8 Å². The molecule has 27 heavy (non-hydrogen) atoms. The third-order valence-corrected chi connectivity index (χ3v) is 9.20. The van der Waals surface area contributed by atoms with E-state index in [0.29, 0.717) is 35.5 Å². The topological polar surface area (TPSA) is 98.0 Å². The number of aliphatic hydroxyl groups is 4. The van der Waals surface area contributed by atoms with Crippen LogP contribution in [0.3, 0.4) is 0 Å². The van der Waals surface area contributed by atoms with Gasteiger partial charge in [0.1, 0.15) is 5.78 Å². The molecule has 4 saturated carbocycles. The summed E-state index contributed by atoms with van der Waals surface area (Å²) in [5, 5.41) is 39.1. The maximum absolute atomic E-state index is 13.5. The summed E-state index contributed by atoms with van der Waals surface area (Å²) in [5.41, 5.74) is -0.00964. The molecule has 8 atom stereocenters. The van der Waals surface area contributed by atoms with E-state index in [2.05, 4.69) is 13.8 Å². The molecular formula is C22H34O5. The summed E-state index contributed by atoms with van der Waals surface area (Å²) in [7, 11) is 0. The molecule has 0 unspecified atom stereocenters. The van der Waals surface area contributed by atoms with Gasteiger partial charge in [0.2, 0.25) is 0 Å². The lowest BCUT2D eigenvalue weighted by Crippen LogP contribution is -2.57. The average molecular weight is 379 g/mol.